The average Bonchev–Trinajstić information content (AvgIpc) is 2.71. The van der Waals surface area contributed by atoms with Crippen LogP contribution < -0.4 is 5.32 Å². The number of amides is 1. The maximum atomic E-state index is 12.4. The second-order valence-corrected chi connectivity index (χ2v) is 9.06. The summed E-state index contributed by atoms with van der Waals surface area (Å²) in [6.07, 6.45) is 1.79. The fraction of sp³-hybridized carbons (Fsp3) is 0.409. The predicted octanol–water partition coefficient (Wildman–Crippen LogP) is 5.26. The van der Waals surface area contributed by atoms with Gasteiger partial charge >= 0.3 is 0 Å². The molecule has 0 aliphatic carbocycles. The zero-order chi connectivity index (χ0) is 19.8. The van der Waals surface area contributed by atoms with Crippen molar-refractivity contribution < 1.29 is 4.79 Å². The number of hydrogen-bond donors (Lipinski definition) is 1. The number of piperidine rings is 1. The topological polar surface area (TPSA) is 32.3 Å². The summed E-state index contributed by atoms with van der Waals surface area (Å²) in [4.78, 5) is 14.8. The first-order valence-corrected chi connectivity index (χ1v) is 11.6. The highest BCUT2D eigenvalue weighted by atomic mass is 35.5. The van der Waals surface area contributed by atoms with E-state index < -0.39 is 0 Å². The highest BCUT2D eigenvalue weighted by Gasteiger charge is 2.25. The predicted molar refractivity (Wildman–Crippen MR) is 120 cm³/mol. The smallest absolute Gasteiger partial charge is 0.223 e. The Bertz CT molecular complexity index is 764. The molecule has 2 aromatic carbocycles. The van der Waals surface area contributed by atoms with Crippen LogP contribution in [0.3, 0.4) is 0 Å². The molecule has 0 radical (unpaired) electrons. The summed E-state index contributed by atoms with van der Waals surface area (Å²) in [5.41, 5.74) is 2.41. The maximum Gasteiger partial charge on any atom is 0.223 e. The van der Waals surface area contributed by atoms with Crippen LogP contribution >= 0.6 is 35.0 Å². The summed E-state index contributed by atoms with van der Waals surface area (Å²) in [5.74, 6) is 2.25. The summed E-state index contributed by atoms with van der Waals surface area (Å²) < 4.78 is 0. The molecule has 0 bridgehead atoms. The van der Waals surface area contributed by atoms with Gasteiger partial charge in [0.1, 0.15) is 0 Å². The molecule has 3 rings (SSSR count). The molecule has 1 amide bonds. The third kappa shape index (κ3) is 6.70. The first kappa shape index (κ1) is 21.5. The minimum Gasteiger partial charge on any atom is -0.355 e. The van der Waals surface area contributed by atoms with Gasteiger partial charge in [-0.2, -0.15) is 11.8 Å². The van der Waals surface area contributed by atoms with E-state index in [1.165, 1.54) is 5.56 Å². The Morgan fingerprint density at radius 3 is 2.57 bits per heavy atom. The van der Waals surface area contributed by atoms with E-state index in [1.807, 2.05) is 30.0 Å². The van der Waals surface area contributed by atoms with Crippen molar-refractivity contribution in [3.8, 4) is 0 Å². The van der Waals surface area contributed by atoms with Crippen molar-refractivity contribution in [3.63, 3.8) is 0 Å². The van der Waals surface area contributed by atoms with Crippen LogP contribution in [0.4, 0.5) is 0 Å². The Labute approximate surface area is 181 Å². The van der Waals surface area contributed by atoms with E-state index in [9.17, 15) is 4.79 Å². The van der Waals surface area contributed by atoms with Gasteiger partial charge in [-0.15, -0.1) is 0 Å². The Hall–Kier alpha value is -1.20. The van der Waals surface area contributed by atoms with Gasteiger partial charge in [-0.3, -0.25) is 9.69 Å². The van der Waals surface area contributed by atoms with Crippen molar-refractivity contribution in [3.05, 3.63) is 69.7 Å². The lowest BCUT2D eigenvalue weighted by molar-refractivity contribution is -0.126. The number of halogens is 2. The van der Waals surface area contributed by atoms with Crippen LogP contribution in [0.25, 0.3) is 0 Å². The monoisotopic (exact) mass is 436 g/mol. The van der Waals surface area contributed by atoms with Gasteiger partial charge in [0.05, 0.1) is 0 Å². The minimum absolute atomic E-state index is 0.121. The minimum atomic E-state index is 0.121. The Kier molecular flexibility index (Phi) is 8.53. The van der Waals surface area contributed by atoms with Gasteiger partial charge in [0.15, 0.2) is 0 Å². The van der Waals surface area contributed by atoms with Gasteiger partial charge < -0.3 is 5.32 Å². The molecule has 1 N–H and O–H groups in total. The summed E-state index contributed by atoms with van der Waals surface area (Å²) in [6, 6.07) is 16.1. The zero-order valence-electron chi connectivity index (χ0n) is 15.9. The van der Waals surface area contributed by atoms with Crippen molar-refractivity contribution >= 4 is 40.9 Å². The molecular weight excluding hydrogens is 411 g/mol. The molecular formula is C22H26Cl2N2OS. The first-order valence-electron chi connectivity index (χ1n) is 9.67. The van der Waals surface area contributed by atoms with E-state index in [-0.39, 0.29) is 11.8 Å². The third-order valence-corrected chi connectivity index (χ3v) is 6.64. The van der Waals surface area contributed by atoms with Crippen LogP contribution in [0.1, 0.15) is 24.0 Å². The summed E-state index contributed by atoms with van der Waals surface area (Å²) in [7, 11) is 0. The van der Waals surface area contributed by atoms with Gasteiger partial charge in [-0.1, -0.05) is 59.6 Å². The van der Waals surface area contributed by atoms with Gasteiger partial charge in [0.2, 0.25) is 5.91 Å². The molecule has 6 heteroatoms. The molecule has 28 heavy (non-hydrogen) atoms. The molecule has 0 unspecified atom stereocenters. The third-order valence-electron chi connectivity index (χ3n) is 5.02. The number of hydrogen-bond acceptors (Lipinski definition) is 3. The van der Waals surface area contributed by atoms with Crippen LogP contribution in [0, 0.1) is 5.92 Å². The highest BCUT2D eigenvalue weighted by molar-refractivity contribution is 7.98. The molecule has 0 aromatic heterocycles. The summed E-state index contributed by atoms with van der Waals surface area (Å²) in [5, 5.41) is 4.47. The van der Waals surface area contributed by atoms with Crippen LogP contribution in [0.5, 0.6) is 0 Å². The van der Waals surface area contributed by atoms with Crippen molar-refractivity contribution in [1.82, 2.24) is 10.2 Å². The summed E-state index contributed by atoms with van der Waals surface area (Å²) >= 11 is 14.1. The van der Waals surface area contributed by atoms with E-state index in [0.717, 1.165) is 56.1 Å². The summed E-state index contributed by atoms with van der Waals surface area (Å²) in [6.45, 7) is 3.37. The van der Waals surface area contributed by atoms with Crippen LogP contribution in [-0.2, 0) is 17.1 Å². The molecule has 0 saturated carbocycles. The maximum absolute atomic E-state index is 12.4. The number of nitrogens with zero attached hydrogens (tertiary/aromatic N) is 1. The van der Waals surface area contributed by atoms with E-state index in [1.54, 1.807) is 6.07 Å². The second kappa shape index (κ2) is 11.1. The van der Waals surface area contributed by atoms with Crippen LogP contribution in [-0.4, -0.2) is 36.2 Å². The van der Waals surface area contributed by atoms with E-state index in [0.29, 0.717) is 10.0 Å². The van der Waals surface area contributed by atoms with E-state index in [4.69, 9.17) is 23.2 Å². The molecule has 1 aliphatic rings. The van der Waals surface area contributed by atoms with Crippen LogP contribution in [0.2, 0.25) is 10.0 Å². The van der Waals surface area contributed by atoms with Crippen molar-refractivity contribution in [2.24, 2.45) is 5.92 Å². The zero-order valence-corrected chi connectivity index (χ0v) is 18.2. The Balaban J connectivity index is 1.32. The van der Waals surface area contributed by atoms with Gasteiger partial charge in [0.25, 0.3) is 0 Å². The SMILES string of the molecule is O=C(NCCSCc1ccccc1)C1CCN(Cc2ccc(Cl)cc2Cl)CC1. The quantitative estimate of drug-likeness (QED) is 0.573. The highest BCUT2D eigenvalue weighted by Crippen LogP contribution is 2.25. The number of thioether (sulfide) groups is 1. The number of benzene rings is 2. The van der Waals surface area contributed by atoms with E-state index >= 15 is 0 Å². The van der Waals surface area contributed by atoms with Crippen molar-refractivity contribution in [2.45, 2.75) is 25.1 Å². The van der Waals surface area contributed by atoms with Crippen molar-refractivity contribution in [2.75, 3.05) is 25.4 Å². The second-order valence-electron chi connectivity index (χ2n) is 7.12. The fourth-order valence-electron chi connectivity index (χ4n) is 3.40. The average molecular weight is 437 g/mol. The number of carbonyl (C=O) groups is 1. The molecule has 2 aromatic rings. The number of nitrogens with one attached hydrogen (secondary N) is 1. The van der Waals surface area contributed by atoms with Gasteiger partial charge in [-0.25, -0.2) is 0 Å². The first-order chi connectivity index (χ1) is 13.6. The molecule has 1 aliphatic heterocycles. The van der Waals surface area contributed by atoms with E-state index in [2.05, 4.69) is 34.5 Å². The largest absolute Gasteiger partial charge is 0.355 e. The molecule has 0 atom stereocenters. The number of carbonyl (C=O) groups excluding carboxylic acids is 1. The molecule has 3 nitrogen and oxygen atoms in total. The lowest BCUT2D eigenvalue weighted by Crippen LogP contribution is -2.40. The molecule has 1 heterocycles. The standard InChI is InChI=1S/C22H26Cl2N2OS/c23-20-7-6-19(21(24)14-20)15-26-11-8-18(9-12-26)22(27)25-10-13-28-16-17-4-2-1-3-5-17/h1-7,14,18H,8-13,15-16H2,(H,25,27). The molecule has 0 spiro atoms. The molecule has 1 fully saturated rings. The number of likely N-dealkylation sites (tertiary alicyclic amines) is 1. The van der Waals surface area contributed by atoms with Crippen LogP contribution in [0.15, 0.2) is 48.5 Å². The number of rotatable bonds is 8. The van der Waals surface area contributed by atoms with Gasteiger partial charge in [-0.05, 0) is 49.2 Å². The lowest BCUT2D eigenvalue weighted by atomic mass is 9.95. The Morgan fingerprint density at radius 1 is 1.11 bits per heavy atom. The Morgan fingerprint density at radius 2 is 1.86 bits per heavy atom. The molecule has 150 valence electrons. The van der Waals surface area contributed by atoms with Crippen molar-refractivity contribution in [1.29, 1.82) is 0 Å². The fourth-order valence-corrected chi connectivity index (χ4v) is 4.69. The lowest BCUT2D eigenvalue weighted by Gasteiger charge is -2.31. The molecule has 1 saturated heterocycles. The normalized spacial score (nSPS) is 15.5. The van der Waals surface area contributed by atoms with Gasteiger partial charge in [0, 0.05) is 40.6 Å².